The molecule has 8 heteroatoms. The normalized spacial score (nSPS) is 18.1. The molecule has 1 saturated heterocycles. The summed E-state index contributed by atoms with van der Waals surface area (Å²) >= 11 is 6.08. The van der Waals surface area contributed by atoms with Crippen LogP contribution in [0.2, 0.25) is 5.02 Å². The van der Waals surface area contributed by atoms with Gasteiger partial charge in [0, 0.05) is 35.4 Å². The zero-order valence-electron chi connectivity index (χ0n) is 20.1. The summed E-state index contributed by atoms with van der Waals surface area (Å²) in [6.07, 6.45) is 3.76. The minimum Gasteiger partial charge on any atom is -0.424 e. The Labute approximate surface area is 209 Å². The first kappa shape index (κ1) is 23.3. The van der Waals surface area contributed by atoms with Crippen molar-refractivity contribution in [3.8, 4) is 11.3 Å². The summed E-state index contributed by atoms with van der Waals surface area (Å²) in [6.45, 7) is 7.30. The molecule has 1 fully saturated rings. The third-order valence-corrected chi connectivity index (χ3v) is 6.88. The van der Waals surface area contributed by atoms with E-state index in [0.29, 0.717) is 52.5 Å². The van der Waals surface area contributed by atoms with Crippen LogP contribution in [0.1, 0.15) is 41.5 Å². The number of likely N-dealkylation sites (tertiary alicyclic amines) is 1. The molecule has 1 N–H and O–H groups in total. The van der Waals surface area contributed by atoms with Gasteiger partial charge in [-0.3, -0.25) is 4.79 Å². The summed E-state index contributed by atoms with van der Waals surface area (Å²) in [5.74, 6) is 1.02. The summed E-state index contributed by atoms with van der Waals surface area (Å²) in [5.41, 5.74) is 4.66. The van der Waals surface area contributed by atoms with Crippen molar-refractivity contribution in [2.45, 2.75) is 39.7 Å². The highest BCUT2D eigenvalue weighted by Gasteiger charge is 2.33. The summed E-state index contributed by atoms with van der Waals surface area (Å²) in [4.78, 5) is 29.3. The molecule has 0 saturated carbocycles. The lowest BCUT2D eigenvalue weighted by molar-refractivity contribution is 0.0540. The SMILES string of the molecule is Cc1ccc(-c2ccnc(C)n2)c(C(=O)N2CCC[C@@H](C)C2CNc2nc3cc(Cl)ccc3o2)c1. The van der Waals surface area contributed by atoms with Gasteiger partial charge in [0.25, 0.3) is 11.9 Å². The molecule has 0 bridgehead atoms. The van der Waals surface area contributed by atoms with Gasteiger partial charge in [0.15, 0.2) is 5.58 Å². The van der Waals surface area contributed by atoms with E-state index >= 15 is 0 Å². The number of piperidine rings is 1. The van der Waals surface area contributed by atoms with Crippen LogP contribution in [-0.4, -0.2) is 44.9 Å². The molecule has 2 atom stereocenters. The van der Waals surface area contributed by atoms with E-state index in [-0.39, 0.29) is 11.9 Å². The van der Waals surface area contributed by atoms with E-state index in [0.717, 1.165) is 29.7 Å². The van der Waals surface area contributed by atoms with Crippen molar-refractivity contribution >= 4 is 34.6 Å². The van der Waals surface area contributed by atoms with E-state index in [1.807, 2.05) is 49.1 Å². The van der Waals surface area contributed by atoms with E-state index in [1.165, 1.54) is 0 Å². The Balaban J connectivity index is 1.42. The lowest BCUT2D eigenvalue weighted by atomic mass is 9.89. The van der Waals surface area contributed by atoms with Crippen LogP contribution >= 0.6 is 11.6 Å². The lowest BCUT2D eigenvalue weighted by Crippen LogP contribution is -2.51. The number of hydrogen-bond donors (Lipinski definition) is 1. The number of fused-ring (bicyclic) bond motifs is 1. The van der Waals surface area contributed by atoms with Crippen LogP contribution < -0.4 is 5.32 Å². The van der Waals surface area contributed by atoms with E-state index in [2.05, 4.69) is 27.2 Å². The molecule has 3 heterocycles. The van der Waals surface area contributed by atoms with Crippen LogP contribution in [0, 0.1) is 19.8 Å². The molecule has 0 aliphatic carbocycles. The van der Waals surface area contributed by atoms with Gasteiger partial charge in [-0.25, -0.2) is 9.97 Å². The molecule has 1 aliphatic heterocycles. The second-order valence-corrected chi connectivity index (χ2v) is 9.67. The van der Waals surface area contributed by atoms with E-state index in [1.54, 1.807) is 18.3 Å². The number of nitrogens with zero attached hydrogens (tertiary/aromatic N) is 4. The summed E-state index contributed by atoms with van der Waals surface area (Å²) in [6, 6.07) is 13.6. The highest BCUT2D eigenvalue weighted by atomic mass is 35.5. The fraction of sp³-hybridized carbons (Fsp3) is 0.333. The van der Waals surface area contributed by atoms with Crippen molar-refractivity contribution in [1.29, 1.82) is 0 Å². The van der Waals surface area contributed by atoms with Crippen molar-refractivity contribution < 1.29 is 9.21 Å². The molecule has 2 aromatic heterocycles. The number of oxazole rings is 1. The first-order valence-corrected chi connectivity index (χ1v) is 12.3. The molecule has 4 aromatic rings. The monoisotopic (exact) mass is 489 g/mol. The van der Waals surface area contributed by atoms with Crippen molar-refractivity contribution in [2.75, 3.05) is 18.4 Å². The molecule has 7 nitrogen and oxygen atoms in total. The number of halogens is 1. The maximum atomic E-state index is 14.0. The highest BCUT2D eigenvalue weighted by Crippen LogP contribution is 2.30. The van der Waals surface area contributed by atoms with Crippen LogP contribution in [0.15, 0.2) is 53.1 Å². The Hall–Kier alpha value is -3.45. The zero-order valence-corrected chi connectivity index (χ0v) is 20.8. The molecule has 1 amide bonds. The maximum Gasteiger partial charge on any atom is 0.295 e. The third-order valence-electron chi connectivity index (χ3n) is 6.65. The van der Waals surface area contributed by atoms with Crippen molar-refractivity contribution in [3.05, 3.63) is 70.6 Å². The number of aromatic nitrogens is 3. The van der Waals surface area contributed by atoms with E-state index < -0.39 is 0 Å². The van der Waals surface area contributed by atoms with Crippen LogP contribution in [0.5, 0.6) is 0 Å². The van der Waals surface area contributed by atoms with Gasteiger partial charge in [-0.2, -0.15) is 4.98 Å². The minimum absolute atomic E-state index is 0.00431. The number of amides is 1. The maximum absolute atomic E-state index is 14.0. The van der Waals surface area contributed by atoms with Gasteiger partial charge in [-0.15, -0.1) is 0 Å². The Kier molecular flexibility index (Phi) is 6.43. The van der Waals surface area contributed by atoms with Crippen LogP contribution in [0.25, 0.3) is 22.4 Å². The smallest absolute Gasteiger partial charge is 0.295 e. The van der Waals surface area contributed by atoms with Crippen LogP contribution in [-0.2, 0) is 0 Å². The van der Waals surface area contributed by atoms with Gasteiger partial charge in [0.1, 0.15) is 11.3 Å². The molecule has 1 aliphatic rings. The molecular weight excluding hydrogens is 462 g/mol. The summed E-state index contributed by atoms with van der Waals surface area (Å²) in [5, 5.41) is 3.93. The zero-order chi connectivity index (χ0) is 24.5. The molecular formula is C27H28ClN5O2. The highest BCUT2D eigenvalue weighted by molar-refractivity contribution is 6.31. The van der Waals surface area contributed by atoms with Gasteiger partial charge in [-0.1, -0.05) is 36.2 Å². The number of benzene rings is 2. The van der Waals surface area contributed by atoms with E-state index in [9.17, 15) is 4.79 Å². The molecule has 0 spiro atoms. The lowest BCUT2D eigenvalue weighted by Gasteiger charge is -2.40. The van der Waals surface area contributed by atoms with Gasteiger partial charge in [0.05, 0.1) is 11.7 Å². The number of hydrogen-bond acceptors (Lipinski definition) is 6. The fourth-order valence-electron chi connectivity index (χ4n) is 4.80. The van der Waals surface area contributed by atoms with Crippen molar-refractivity contribution in [1.82, 2.24) is 19.9 Å². The van der Waals surface area contributed by atoms with Crippen molar-refractivity contribution in [3.63, 3.8) is 0 Å². The largest absolute Gasteiger partial charge is 0.424 e. The molecule has 180 valence electrons. The molecule has 2 aromatic carbocycles. The predicted octanol–water partition coefficient (Wildman–Crippen LogP) is 5.91. The quantitative estimate of drug-likeness (QED) is 0.375. The first-order chi connectivity index (χ1) is 16.9. The molecule has 35 heavy (non-hydrogen) atoms. The number of rotatable bonds is 5. The topological polar surface area (TPSA) is 84.2 Å². The second-order valence-electron chi connectivity index (χ2n) is 9.24. The van der Waals surface area contributed by atoms with Gasteiger partial charge in [0.2, 0.25) is 0 Å². The average molecular weight is 490 g/mol. The minimum atomic E-state index is -0.00431. The number of nitrogens with one attached hydrogen (secondary N) is 1. The first-order valence-electron chi connectivity index (χ1n) is 11.9. The van der Waals surface area contributed by atoms with E-state index in [4.69, 9.17) is 16.0 Å². The number of carbonyl (C=O) groups is 1. The molecule has 5 rings (SSSR count). The Morgan fingerprint density at radius 3 is 2.86 bits per heavy atom. The standard InChI is InChI=1S/C27H28ClN5O2/c1-16-6-8-20(22-10-11-29-18(3)31-22)21(13-16)26(34)33-12-4-5-17(2)24(33)15-30-27-32-23-14-19(28)7-9-25(23)35-27/h6-11,13-14,17,24H,4-5,12,15H2,1-3H3,(H,30,32)/t17-,24?/m1/s1. The number of carbonyl (C=O) groups excluding carboxylic acids is 1. The fourth-order valence-corrected chi connectivity index (χ4v) is 4.97. The summed E-state index contributed by atoms with van der Waals surface area (Å²) in [7, 11) is 0. The predicted molar refractivity (Wildman–Crippen MR) is 138 cm³/mol. The summed E-state index contributed by atoms with van der Waals surface area (Å²) < 4.78 is 5.84. The Morgan fingerprint density at radius 1 is 1.17 bits per heavy atom. The number of anilines is 1. The van der Waals surface area contributed by atoms with Crippen LogP contribution in [0.3, 0.4) is 0 Å². The van der Waals surface area contributed by atoms with Crippen molar-refractivity contribution in [2.24, 2.45) is 5.92 Å². The number of aryl methyl sites for hydroxylation is 2. The average Bonchev–Trinajstić information content (AvgIpc) is 3.24. The third kappa shape index (κ3) is 4.86. The van der Waals surface area contributed by atoms with Gasteiger partial charge in [-0.05, 0) is 62.9 Å². The second kappa shape index (κ2) is 9.66. The van der Waals surface area contributed by atoms with Gasteiger partial charge >= 0.3 is 0 Å². The molecule has 0 radical (unpaired) electrons. The van der Waals surface area contributed by atoms with Crippen LogP contribution in [0.4, 0.5) is 6.01 Å². The Morgan fingerprint density at radius 2 is 2.03 bits per heavy atom. The van der Waals surface area contributed by atoms with Gasteiger partial charge < -0.3 is 14.6 Å². The molecule has 1 unspecified atom stereocenters. The Bertz CT molecular complexity index is 1390.